The van der Waals surface area contributed by atoms with Crippen LogP contribution in [0.3, 0.4) is 0 Å². The predicted molar refractivity (Wildman–Crippen MR) is 86.9 cm³/mol. The van der Waals surface area contributed by atoms with E-state index in [-0.39, 0.29) is 11.9 Å². The molecule has 4 heteroatoms. The van der Waals surface area contributed by atoms with Gasteiger partial charge in [-0.05, 0) is 64.7 Å². The highest BCUT2D eigenvalue weighted by Crippen LogP contribution is 2.28. The number of hydrogen-bond donors (Lipinski definition) is 1. The summed E-state index contributed by atoms with van der Waals surface area (Å²) in [5.74, 6) is -0.258. The van der Waals surface area contributed by atoms with Gasteiger partial charge in [-0.25, -0.2) is 4.39 Å². The zero-order chi connectivity index (χ0) is 14.7. The molecule has 0 aliphatic rings. The van der Waals surface area contributed by atoms with Gasteiger partial charge >= 0.3 is 0 Å². The summed E-state index contributed by atoms with van der Waals surface area (Å²) >= 11 is 9.26. The van der Waals surface area contributed by atoms with Crippen molar-refractivity contribution in [1.82, 2.24) is 0 Å². The first-order chi connectivity index (χ1) is 9.51. The highest BCUT2D eigenvalue weighted by molar-refractivity contribution is 9.10. The Hall–Kier alpha value is -1.06. The summed E-state index contributed by atoms with van der Waals surface area (Å²) in [5, 5.41) is 4.19. The van der Waals surface area contributed by atoms with E-state index >= 15 is 0 Å². The molecule has 0 spiro atoms. The van der Waals surface area contributed by atoms with Crippen LogP contribution in [-0.4, -0.2) is 0 Å². The van der Waals surface area contributed by atoms with E-state index in [0.717, 1.165) is 22.7 Å². The first kappa shape index (κ1) is 15.3. The average Bonchev–Trinajstić information content (AvgIpc) is 2.43. The van der Waals surface area contributed by atoms with Crippen molar-refractivity contribution in [2.24, 2.45) is 0 Å². The maximum Gasteiger partial charge on any atom is 0.137 e. The van der Waals surface area contributed by atoms with E-state index in [4.69, 9.17) is 11.6 Å². The van der Waals surface area contributed by atoms with E-state index in [1.54, 1.807) is 12.1 Å². The van der Waals surface area contributed by atoms with Gasteiger partial charge in [0.25, 0.3) is 0 Å². The Bertz CT molecular complexity index is 615. The van der Waals surface area contributed by atoms with Gasteiger partial charge in [-0.1, -0.05) is 30.7 Å². The van der Waals surface area contributed by atoms with Crippen LogP contribution in [0.1, 0.15) is 30.5 Å². The Morgan fingerprint density at radius 2 is 2.00 bits per heavy atom. The molecule has 2 rings (SSSR count). The van der Waals surface area contributed by atoms with E-state index in [1.165, 1.54) is 11.6 Å². The second-order valence-electron chi connectivity index (χ2n) is 4.74. The normalized spacial score (nSPS) is 12.2. The van der Waals surface area contributed by atoms with Crippen molar-refractivity contribution >= 4 is 33.2 Å². The molecule has 0 radical (unpaired) electrons. The number of aryl methyl sites for hydroxylation is 1. The molecule has 2 aromatic carbocycles. The number of hydrogen-bond acceptors (Lipinski definition) is 1. The van der Waals surface area contributed by atoms with Crippen LogP contribution < -0.4 is 5.32 Å². The molecule has 0 heterocycles. The lowest BCUT2D eigenvalue weighted by Crippen LogP contribution is -2.10. The van der Waals surface area contributed by atoms with Gasteiger partial charge in [0, 0.05) is 10.7 Å². The number of rotatable bonds is 4. The minimum atomic E-state index is -0.258. The summed E-state index contributed by atoms with van der Waals surface area (Å²) < 4.78 is 13.7. The first-order valence-electron chi connectivity index (χ1n) is 6.49. The minimum Gasteiger partial charge on any atom is -0.378 e. The lowest BCUT2D eigenvalue weighted by molar-refractivity contribution is 0.621. The third-order valence-electron chi connectivity index (χ3n) is 3.25. The molecule has 0 saturated heterocycles. The average molecular weight is 357 g/mol. The predicted octanol–water partition coefficient (Wildman–Crippen LogP) is 6.11. The highest BCUT2D eigenvalue weighted by atomic mass is 79.9. The van der Waals surface area contributed by atoms with Crippen LogP contribution in [-0.2, 0) is 0 Å². The molecular weight excluding hydrogens is 341 g/mol. The molecule has 1 unspecified atom stereocenters. The van der Waals surface area contributed by atoms with Gasteiger partial charge in [-0.2, -0.15) is 0 Å². The van der Waals surface area contributed by atoms with E-state index in [2.05, 4.69) is 34.2 Å². The van der Waals surface area contributed by atoms with Gasteiger partial charge in [-0.15, -0.1) is 0 Å². The van der Waals surface area contributed by atoms with Gasteiger partial charge in [0.15, 0.2) is 0 Å². The summed E-state index contributed by atoms with van der Waals surface area (Å²) in [7, 11) is 0. The molecular formula is C16H16BrClFN. The Labute approximate surface area is 132 Å². The van der Waals surface area contributed by atoms with E-state index in [1.807, 2.05) is 19.1 Å². The molecule has 1 nitrogen and oxygen atoms in total. The number of halogens is 3. The Morgan fingerprint density at radius 3 is 2.60 bits per heavy atom. The smallest absolute Gasteiger partial charge is 0.137 e. The largest absolute Gasteiger partial charge is 0.378 e. The Kier molecular flexibility index (Phi) is 5.06. The van der Waals surface area contributed by atoms with Crippen LogP contribution >= 0.6 is 27.5 Å². The summed E-state index contributed by atoms with van der Waals surface area (Å²) in [4.78, 5) is 0. The second-order valence-corrected chi connectivity index (χ2v) is 6.00. The monoisotopic (exact) mass is 355 g/mol. The summed E-state index contributed by atoms with van der Waals surface area (Å²) in [6.45, 7) is 4.10. The Balaban J connectivity index is 2.23. The van der Waals surface area contributed by atoms with Crippen LogP contribution in [0.15, 0.2) is 40.9 Å². The van der Waals surface area contributed by atoms with Crippen LogP contribution in [0.2, 0.25) is 5.02 Å². The lowest BCUT2D eigenvalue weighted by atomic mass is 10.0. The molecule has 1 N–H and O–H groups in total. The molecule has 0 fully saturated rings. The van der Waals surface area contributed by atoms with Gasteiger partial charge in [0.1, 0.15) is 5.82 Å². The van der Waals surface area contributed by atoms with E-state index < -0.39 is 0 Å². The molecule has 1 atom stereocenters. The Morgan fingerprint density at radius 1 is 1.25 bits per heavy atom. The lowest BCUT2D eigenvalue weighted by Gasteiger charge is -2.20. The molecule has 0 aliphatic heterocycles. The van der Waals surface area contributed by atoms with E-state index in [0.29, 0.717) is 4.47 Å². The van der Waals surface area contributed by atoms with Gasteiger partial charge < -0.3 is 5.32 Å². The fraction of sp³-hybridized carbons (Fsp3) is 0.250. The topological polar surface area (TPSA) is 12.0 Å². The number of benzene rings is 2. The zero-order valence-electron chi connectivity index (χ0n) is 11.4. The van der Waals surface area contributed by atoms with Crippen molar-refractivity contribution in [3.8, 4) is 0 Å². The van der Waals surface area contributed by atoms with Gasteiger partial charge in [0.2, 0.25) is 0 Å². The quantitative estimate of drug-likeness (QED) is 0.696. The third-order valence-corrected chi connectivity index (χ3v) is 4.28. The molecule has 0 amide bonds. The highest BCUT2D eigenvalue weighted by Gasteiger charge is 2.11. The van der Waals surface area contributed by atoms with E-state index in [9.17, 15) is 4.39 Å². The van der Waals surface area contributed by atoms with Crippen molar-refractivity contribution in [2.45, 2.75) is 26.3 Å². The summed E-state index contributed by atoms with van der Waals surface area (Å²) in [5.41, 5.74) is 3.12. The van der Waals surface area contributed by atoms with Crippen molar-refractivity contribution in [1.29, 1.82) is 0 Å². The van der Waals surface area contributed by atoms with Crippen molar-refractivity contribution in [3.05, 3.63) is 62.8 Å². The zero-order valence-corrected chi connectivity index (χ0v) is 13.7. The second kappa shape index (κ2) is 6.59. The van der Waals surface area contributed by atoms with Crippen LogP contribution in [0.25, 0.3) is 0 Å². The molecule has 20 heavy (non-hydrogen) atoms. The van der Waals surface area contributed by atoms with Gasteiger partial charge in [0.05, 0.1) is 10.5 Å². The third kappa shape index (κ3) is 3.53. The SMILES string of the molecule is CCC(Nc1ccc(F)c(Br)c1)c1ccc(Cl)c(C)c1. The standard InChI is InChI=1S/C16H16BrClFN/c1-3-16(11-4-6-14(18)10(2)8-11)20-12-5-7-15(19)13(17)9-12/h4-9,16,20H,3H2,1-2H3. The van der Waals surface area contributed by atoms with Crippen molar-refractivity contribution < 1.29 is 4.39 Å². The van der Waals surface area contributed by atoms with Crippen molar-refractivity contribution in [2.75, 3.05) is 5.32 Å². The molecule has 0 aliphatic carbocycles. The molecule has 0 saturated carbocycles. The number of anilines is 1. The molecule has 0 bridgehead atoms. The fourth-order valence-electron chi connectivity index (χ4n) is 2.09. The van der Waals surface area contributed by atoms with Crippen LogP contribution in [0.5, 0.6) is 0 Å². The molecule has 0 aromatic heterocycles. The van der Waals surface area contributed by atoms with Crippen molar-refractivity contribution in [3.63, 3.8) is 0 Å². The maximum absolute atomic E-state index is 13.2. The summed E-state index contributed by atoms with van der Waals surface area (Å²) in [6.07, 6.45) is 0.927. The molecule has 2 aromatic rings. The first-order valence-corrected chi connectivity index (χ1v) is 7.66. The fourth-order valence-corrected chi connectivity index (χ4v) is 2.59. The van der Waals surface area contributed by atoms with Crippen LogP contribution in [0.4, 0.5) is 10.1 Å². The summed E-state index contributed by atoms with van der Waals surface area (Å²) in [6, 6.07) is 11.1. The molecule has 106 valence electrons. The van der Waals surface area contributed by atoms with Crippen LogP contribution in [0, 0.1) is 12.7 Å². The van der Waals surface area contributed by atoms with Gasteiger partial charge in [-0.3, -0.25) is 0 Å². The minimum absolute atomic E-state index is 0.170. The number of nitrogens with one attached hydrogen (secondary N) is 1. The maximum atomic E-state index is 13.2.